The first-order valence-corrected chi connectivity index (χ1v) is 5.52. The zero-order valence-corrected chi connectivity index (χ0v) is 9.95. The van der Waals surface area contributed by atoms with E-state index >= 15 is 0 Å². The summed E-state index contributed by atoms with van der Waals surface area (Å²) in [4.78, 5) is 12.1. The molecule has 0 aliphatic rings. The lowest BCUT2D eigenvalue weighted by Crippen LogP contribution is -2.10. The lowest BCUT2D eigenvalue weighted by molar-refractivity contribution is -0.0501. The van der Waals surface area contributed by atoms with Gasteiger partial charge in [-0.05, 0) is 24.3 Å². The summed E-state index contributed by atoms with van der Waals surface area (Å²) in [6.45, 7) is -3.11. The van der Waals surface area contributed by atoms with Gasteiger partial charge in [0, 0.05) is 6.07 Å². The smallest absolute Gasteiger partial charge is 0.387 e. The number of para-hydroxylation sites is 1. The molecule has 0 aliphatic carbocycles. The van der Waals surface area contributed by atoms with Crippen molar-refractivity contribution >= 4 is 5.78 Å². The van der Waals surface area contributed by atoms with Crippen molar-refractivity contribution in [3.63, 3.8) is 0 Å². The number of benzene rings is 2. The average molecular weight is 284 g/mol. The van der Waals surface area contributed by atoms with Crippen LogP contribution in [0.3, 0.4) is 0 Å². The molecule has 0 saturated carbocycles. The molecule has 0 spiro atoms. The molecule has 2 aromatic carbocycles. The van der Waals surface area contributed by atoms with Crippen LogP contribution in [-0.2, 0) is 0 Å². The minimum Gasteiger partial charge on any atom is -0.434 e. The number of rotatable bonds is 4. The van der Waals surface area contributed by atoms with Gasteiger partial charge in [0.1, 0.15) is 17.4 Å². The summed E-state index contributed by atoms with van der Waals surface area (Å²) in [5, 5.41) is 0. The van der Waals surface area contributed by atoms with Gasteiger partial charge < -0.3 is 4.74 Å². The SMILES string of the molecule is O=C(c1ccc(F)cc1F)c1ccccc1OC(F)F. The summed E-state index contributed by atoms with van der Waals surface area (Å²) in [6.07, 6.45) is 0. The molecule has 0 fully saturated rings. The summed E-state index contributed by atoms with van der Waals surface area (Å²) in [5.41, 5.74) is -0.643. The molecular weight excluding hydrogens is 276 g/mol. The number of carbonyl (C=O) groups excluding carboxylic acids is 1. The number of ketones is 1. The monoisotopic (exact) mass is 284 g/mol. The van der Waals surface area contributed by atoms with Crippen LogP contribution >= 0.6 is 0 Å². The number of halogens is 4. The molecule has 2 aromatic rings. The minimum absolute atomic E-state index is 0.224. The minimum atomic E-state index is -3.11. The second-order valence-corrected chi connectivity index (χ2v) is 3.83. The maximum atomic E-state index is 13.5. The lowest BCUT2D eigenvalue weighted by Gasteiger charge is -2.10. The zero-order chi connectivity index (χ0) is 14.7. The Bertz CT molecular complexity index is 641. The fraction of sp³-hybridized carbons (Fsp3) is 0.0714. The topological polar surface area (TPSA) is 26.3 Å². The summed E-state index contributed by atoms with van der Waals surface area (Å²) in [7, 11) is 0. The molecule has 0 N–H and O–H groups in total. The molecule has 0 amide bonds. The predicted octanol–water partition coefficient (Wildman–Crippen LogP) is 3.80. The Morgan fingerprint density at radius 1 is 1.00 bits per heavy atom. The van der Waals surface area contributed by atoms with Crippen LogP contribution < -0.4 is 4.74 Å². The van der Waals surface area contributed by atoms with Crippen LogP contribution in [-0.4, -0.2) is 12.4 Å². The quantitative estimate of drug-likeness (QED) is 0.630. The van der Waals surface area contributed by atoms with E-state index in [0.29, 0.717) is 6.07 Å². The standard InChI is InChI=1S/C14H8F4O2/c15-8-5-6-9(11(16)7-8)13(19)10-3-1-2-4-12(10)20-14(17)18/h1-7,14H. The molecule has 104 valence electrons. The molecule has 0 saturated heterocycles. The van der Waals surface area contributed by atoms with Gasteiger partial charge in [-0.1, -0.05) is 12.1 Å². The maximum Gasteiger partial charge on any atom is 0.387 e. The van der Waals surface area contributed by atoms with E-state index in [1.807, 2.05) is 0 Å². The van der Waals surface area contributed by atoms with Crippen LogP contribution in [0.25, 0.3) is 0 Å². The van der Waals surface area contributed by atoms with Crippen LogP contribution in [0, 0.1) is 11.6 Å². The fourth-order valence-corrected chi connectivity index (χ4v) is 1.67. The number of hydrogen-bond acceptors (Lipinski definition) is 2. The highest BCUT2D eigenvalue weighted by Gasteiger charge is 2.19. The average Bonchev–Trinajstić information content (AvgIpc) is 2.38. The van der Waals surface area contributed by atoms with Crippen LogP contribution in [0.1, 0.15) is 15.9 Å². The van der Waals surface area contributed by atoms with Gasteiger partial charge in [-0.2, -0.15) is 8.78 Å². The third kappa shape index (κ3) is 2.96. The molecule has 0 bridgehead atoms. The van der Waals surface area contributed by atoms with E-state index in [4.69, 9.17) is 0 Å². The van der Waals surface area contributed by atoms with Crippen LogP contribution in [0.2, 0.25) is 0 Å². The summed E-state index contributed by atoms with van der Waals surface area (Å²) < 4.78 is 55.0. The second-order valence-electron chi connectivity index (χ2n) is 3.83. The Balaban J connectivity index is 2.43. The first-order valence-electron chi connectivity index (χ1n) is 5.52. The van der Waals surface area contributed by atoms with Gasteiger partial charge in [-0.25, -0.2) is 8.78 Å². The molecule has 0 aromatic heterocycles. The largest absolute Gasteiger partial charge is 0.434 e. The van der Waals surface area contributed by atoms with Crippen LogP contribution in [0.5, 0.6) is 5.75 Å². The molecule has 6 heteroatoms. The molecule has 0 atom stereocenters. The first-order chi connectivity index (χ1) is 9.49. The van der Waals surface area contributed by atoms with Crippen molar-refractivity contribution in [1.29, 1.82) is 0 Å². The van der Waals surface area contributed by atoms with Gasteiger partial charge in [0.15, 0.2) is 5.78 Å². The highest BCUT2D eigenvalue weighted by molar-refractivity contribution is 6.10. The number of hydrogen-bond donors (Lipinski definition) is 0. The fourth-order valence-electron chi connectivity index (χ4n) is 1.67. The van der Waals surface area contributed by atoms with E-state index in [-0.39, 0.29) is 11.3 Å². The second kappa shape index (κ2) is 5.73. The van der Waals surface area contributed by atoms with Crippen molar-refractivity contribution in [3.8, 4) is 5.75 Å². The third-order valence-electron chi connectivity index (χ3n) is 2.52. The summed E-state index contributed by atoms with van der Waals surface area (Å²) in [6, 6.07) is 7.62. The van der Waals surface area contributed by atoms with E-state index in [9.17, 15) is 22.4 Å². The summed E-state index contributed by atoms with van der Waals surface area (Å²) >= 11 is 0. The normalized spacial score (nSPS) is 10.7. The highest BCUT2D eigenvalue weighted by Crippen LogP contribution is 2.24. The molecule has 0 unspecified atom stereocenters. The number of carbonyl (C=O) groups is 1. The molecular formula is C14H8F4O2. The first kappa shape index (κ1) is 14.0. The molecule has 0 radical (unpaired) electrons. The van der Waals surface area contributed by atoms with Crippen molar-refractivity contribution in [2.45, 2.75) is 6.61 Å². The van der Waals surface area contributed by atoms with Crippen molar-refractivity contribution in [3.05, 3.63) is 65.2 Å². The van der Waals surface area contributed by atoms with Crippen molar-refractivity contribution in [2.24, 2.45) is 0 Å². The van der Waals surface area contributed by atoms with E-state index in [0.717, 1.165) is 12.1 Å². The predicted molar refractivity (Wildman–Crippen MR) is 62.9 cm³/mol. The van der Waals surface area contributed by atoms with Crippen molar-refractivity contribution in [2.75, 3.05) is 0 Å². The van der Waals surface area contributed by atoms with E-state index in [1.54, 1.807) is 0 Å². The van der Waals surface area contributed by atoms with E-state index < -0.39 is 29.6 Å². The van der Waals surface area contributed by atoms with E-state index in [1.165, 1.54) is 24.3 Å². The molecule has 0 aliphatic heterocycles. The maximum absolute atomic E-state index is 13.5. The van der Waals surface area contributed by atoms with Crippen molar-refractivity contribution in [1.82, 2.24) is 0 Å². The Hall–Kier alpha value is -2.37. The zero-order valence-electron chi connectivity index (χ0n) is 9.95. The van der Waals surface area contributed by atoms with Gasteiger partial charge in [-0.3, -0.25) is 4.79 Å². The van der Waals surface area contributed by atoms with Gasteiger partial charge in [0.25, 0.3) is 0 Å². The highest BCUT2D eigenvalue weighted by atomic mass is 19.3. The van der Waals surface area contributed by atoms with Crippen LogP contribution in [0.15, 0.2) is 42.5 Å². The lowest BCUT2D eigenvalue weighted by atomic mass is 10.0. The van der Waals surface area contributed by atoms with Crippen molar-refractivity contribution < 1.29 is 27.1 Å². The molecule has 0 heterocycles. The third-order valence-corrected chi connectivity index (χ3v) is 2.52. The van der Waals surface area contributed by atoms with Gasteiger partial charge in [0.2, 0.25) is 0 Å². The van der Waals surface area contributed by atoms with Gasteiger partial charge >= 0.3 is 6.61 Å². The van der Waals surface area contributed by atoms with Crippen LogP contribution in [0.4, 0.5) is 17.6 Å². The molecule has 20 heavy (non-hydrogen) atoms. The molecule has 2 nitrogen and oxygen atoms in total. The molecule has 2 rings (SSSR count). The Labute approximate surface area is 111 Å². The Morgan fingerprint density at radius 3 is 2.35 bits per heavy atom. The Morgan fingerprint density at radius 2 is 1.70 bits per heavy atom. The number of ether oxygens (including phenoxy) is 1. The number of alkyl halides is 2. The van der Waals surface area contributed by atoms with Gasteiger partial charge in [0.05, 0.1) is 11.1 Å². The van der Waals surface area contributed by atoms with Gasteiger partial charge in [-0.15, -0.1) is 0 Å². The van der Waals surface area contributed by atoms with E-state index in [2.05, 4.69) is 4.74 Å². The Kier molecular flexibility index (Phi) is 4.02. The summed E-state index contributed by atoms with van der Waals surface area (Å²) in [5.74, 6) is -3.13.